The number of halogens is 1. The number of nitrogens with zero attached hydrogens (tertiary/aromatic N) is 2. The van der Waals surface area contributed by atoms with Gasteiger partial charge in [0.05, 0.1) is 23.0 Å². The van der Waals surface area contributed by atoms with E-state index in [2.05, 4.69) is 4.98 Å². The van der Waals surface area contributed by atoms with Crippen LogP contribution in [0.15, 0.2) is 42.7 Å². The Balaban J connectivity index is 2.06. The fourth-order valence-electron chi connectivity index (χ4n) is 2.11. The van der Waals surface area contributed by atoms with E-state index in [1.54, 1.807) is 43.7 Å². The highest BCUT2D eigenvalue weighted by atomic mass is 32.1. The quantitative estimate of drug-likeness (QED) is 0.790. The summed E-state index contributed by atoms with van der Waals surface area (Å²) in [5.41, 5.74) is 6.81. The van der Waals surface area contributed by atoms with Gasteiger partial charge in [0.25, 0.3) is 5.91 Å². The van der Waals surface area contributed by atoms with Crippen LogP contribution in [0.5, 0.6) is 0 Å². The van der Waals surface area contributed by atoms with Gasteiger partial charge >= 0.3 is 0 Å². The van der Waals surface area contributed by atoms with Gasteiger partial charge in [-0.2, -0.15) is 0 Å². The van der Waals surface area contributed by atoms with E-state index in [-0.39, 0.29) is 11.6 Å². The van der Waals surface area contributed by atoms with Gasteiger partial charge < -0.3 is 10.6 Å². The number of nitrogen functional groups attached to an aromatic ring is 1. The van der Waals surface area contributed by atoms with Crippen molar-refractivity contribution in [2.75, 3.05) is 17.7 Å². The first kappa shape index (κ1) is 13.5. The number of fused-ring (bicyclic) bond motifs is 1. The molecule has 0 fully saturated rings. The van der Waals surface area contributed by atoms with Crippen molar-refractivity contribution in [2.24, 2.45) is 0 Å². The van der Waals surface area contributed by atoms with Gasteiger partial charge in [-0.3, -0.25) is 9.78 Å². The van der Waals surface area contributed by atoms with Gasteiger partial charge in [-0.25, -0.2) is 4.39 Å². The Morgan fingerprint density at radius 2 is 2.14 bits per heavy atom. The Hall–Kier alpha value is -2.47. The number of thiophene rings is 1. The average Bonchev–Trinajstić information content (AvgIpc) is 2.85. The summed E-state index contributed by atoms with van der Waals surface area (Å²) in [4.78, 5) is 18.3. The SMILES string of the molecule is CN(C(=O)c1sc2cccc(F)c2c1N)c1cccnc1. The molecule has 0 aliphatic rings. The number of hydrogen-bond donors (Lipinski definition) is 1. The van der Waals surface area contributed by atoms with Crippen molar-refractivity contribution in [3.8, 4) is 0 Å². The van der Waals surface area contributed by atoms with E-state index >= 15 is 0 Å². The standard InChI is InChI=1S/C15H12FN3OS/c1-19(9-4-3-7-18-8-9)15(20)14-13(17)12-10(16)5-2-6-11(12)21-14/h2-8H,17H2,1H3. The largest absolute Gasteiger partial charge is 0.397 e. The van der Waals surface area contributed by atoms with Crippen molar-refractivity contribution < 1.29 is 9.18 Å². The third-order valence-corrected chi connectivity index (χ3v) is 4.39. The molecule has 3 rings (SSSR count). The molecular formula is C15H12FN3OS. The van der Waals surface area contributed by atoms with Crippen LogP contribution in [0, 0.1) is 5.82 Å². The zero-order valence-electron chi connectivity index (χ0n) is 11.2. The summed E-state index contributed by atoms with van der Waals surface area (Å²) < 4.78 is 14.5. The van der Waals surface area contributed by atoms with Gasteiger partial charge in [-0.15, -0.1) is 11.3 Å². The van der Waals surface area contributed by atoms with Crippen molar-refractivity contribution in [3.63, 3.8) is 0 Å². The lowest BCUT2D eigenvalue weighted by Crippen LogP contribution is -2.26. The molecule has 2 aromatic heterocycles. The number of nitrogens with two attached hydrogens (primary N) is 1. The molecule has 0 unspecified atom stereocenters. The normalized spacial score (nSPS) is 10.8. The lowest BCUT2D eigenvalue weighted by Gasteiger charge is -2.16. The van der Waals surface area contributed by atoms with Gasteiger partial charge in [-0.1, -0.05) is 6.07 Å². The molecule has 6 heteroatoms. The second-order valence-corrected chi connectivity index (χ2v) is 5.59. The highest BCUT2D eigenvalue weighted by Gasteiger charge is 2.22. The van der Waals surface area contributed by atoms with Crippen LogP contribution in [0.4, 0.5) is 15.8 Å². The predicted molar refractivity (Wildman–Crippen MR) is 83.2 cm³/mol. The third-order valence-electron chi connectivity index (χ3n) is 3.23. The average molecular weight is 301 g/mol. The number of carbonyl (C=O) groups is 1. The fourth-order valence-corrected chi connectivity index (χ4v) is 3.22. The molecule has 0 saturated carbocycles. The van der Waals surface area contributed by atoms with Crippen LogP contribution in [0.1, 0.15) is 9.67 Å². The first-order valence-corrected chi connectivity index (χ1v) is 7.06. The molecule has 0 radical (unpaired) electrons. The summed E-state index contributed by atoms with van der Waals surface area (Å²) in [6.07, 6.45) is 3.22. The number of anilines is 2. The molecule has 0 bridgehead atoms. The Labute approximate surface area is 124 Å². The van der Waals surface area contributed by atoms with Crippen molar-refractivity contribution in [2.45, 2.75) is 0 Å². The second kappa shape index (κ2) is 5.14. The first-order valence-electron chi connectivity index (χ1n) is 6.24. The predicted octanol–water partition coefficient (Wildman–Crippen LogP) is 3.29. The lowest BCUT2D eigenvalue weighted by atomic mass is 10.2. The van der Waals surface area contributed by atoms with E-state index in [1.807, 2.05) is 0 Å². The fraction of sp³-hybridized carbons (Fsp3) is 0.0667. The minimum Gasteiger partial charge on any atom is -0.397 e. The second-order valence-electron chi connectivity index (χ2n) is 4.53. The van der Waals surface area contributed by atoms with Gasteiger partial charge in [0.1, 0.15) is 10.7 Å². The molecule has 0 aliphatic carbocycles. The maximum Gasteiger partial charge on any atom is 0.270 e. The van der Waals surface area contributed by atoms with E-state index in [0.717, 1.165) is 0 Å². The molecule has 1 amide bonds. The van der Waals surface area contributed by atoms with Crippen molar-refractivity contribution in [3.05, 3.63) is 53.4 Å². The minimum absolute atomic E-state index is 0.189. The Bertz CT molecular complexity index is 816. The van der Waals surface area contributed by atoms with Gasteiger partial charge in [0, 0.05) is 17.9 Å². The molecule has 4 nitrogen and oxygen atoms in total. The van der Waals surface area contributed by atoms with E-state index in [4.69, 9.17) is 5.73 Å². The van der Waals surface area contributed by atoms with Crippen LogP contribution in [0.3, 0.4) is 0 Å². The minimum atomic E-state index is -0.413. The van der Waals surface area contributed by atoms with Crippen LogP contribution >= 0.6 is 11.3 Å². The highest BCUT2D eigenvalue weighted by Crippen LogP contribution is 2.36. The molecule has 3 aromatic rings. The number of amides is 1. The summed E-state index contributed by atoms with van der Waals surface area (Å²) in [6.45, 7) is 0. The summed E-state index contributed by atoms with van der Waals surface area (Å²) >= 11 is 1.19. The Kier molecular flexibility index (Phi) is 3.31. The third kappa shape index (κ3) is 2.23. The first-order chi connectivity index (χ1) is 10.1. The molecule has 0 saturated heterocycles. The van der Waals surface area contributed by atoms with Crippen LogP contribution < -0.4 is 10.6 Å². The van der Waals surface area contributed by atoms with E-state index in [9.17, 15) is 9.18 Å². The molecule has 2 N–H and O–H groups in total. The van der Waals surface area contributed by atoms with Gasteiger partial charge in [0.2, 0.25) is 0 Å². The number of carbonyl (C=O) groups excluding carboxylic acids is 1. The Morgan fingerprint density at radius 1 is 1.33 bits per heavy atom. The summed E-state index contributed by atoms with van der Waals surface area (Å²) in [5, 5.41) is 0.311. The lowest BCUT2D eigenvalue weighted by molar-refractivity contribution is 0.0997. The van der Waals surface area contributed by atoms with Crippen molar-refractivity contribution in [1.29, 1.82) is 0 Å². The zero-order valence-corrected chi connectivity index (χ0v) is 12.0. The van der Waals surface area contributed by atoms with Crippen LogP contribution in [0.2, 0.25) is 0 Å². The molecule has 2 heterocycles. The molecule has 0 aliphatic heterocycles. The maximum absolute atomic E-state index is 13.8. The number of hydrogen-bond acceptors (Lipinski definition) is 4. The van der Waals surface area contributed by atoms with Gasteiger partial charge in [0.15, 0.2) is 0 Å². The molecule has 1 aromatic carbocycles. The maximum atomic E-state index is 13.8. The summed E-state index contributed by atoms with van der Waals surface area (Å²) in [7, 11) is 1.64. The molecule has 106 valence electrons. The van der Waals surface area contributed by atoms with Crippen LogP contribution in [-0.4, -0.2) is 17.9 Å². The molecule has 21 heavy (non-hydrogen) atoms. The number of aromatic nitrogens is 1. The molecular weight excluding hydrogens is 289 g/mol. The Morgan fingerprint density at radius 3 is 2.81 bits per heavy atom. The van der Waals surface area contributed by atoms with Gasteiger partial charge in [-0.05, 0) is 24.3 Å². The summed E-state index contributed by atoms with van der Waals surface area (Å²) in [6, 6.07) is 8.21. The van der Waals surface area contributed by atoms with Crippen LogP contribution in [0.25, 0.3) is 10.1 Å². The van der Waals surface area contributed by atoms with Crippen molar-refractivity contribution in [1.82, 2.24) is 4.98 Å². The monoisotopic (exact) mass is 301 g/mol. The van der Waals surface area contributed by atoms with E-state index in [1.165, 1.54) is 22.3 Å². The topological polar surface area (TPSA) is 59.2 Å². The van der Waals surface area contributed by atoms with E-state index < -0.39 is 5.82 Å². The number of rotatable bonds is 2. The zero-order chi connectivity index (χ0) is 15.0. The number of benzene rings is 1. The molecule has 0 atom stereocenters. The highest BCUT2D eigenvalue weighted by molar-refractivity contribution is 7.21. The van der Waals surface area contributed by atoms with Crippen LogP contribution in [-0.2, 0) is 0 Å². The smallest absolute Gasteiger partial charge is 0.270 e. The van der Waals surface area contributed by atoms with Crippen molar-refractivity contribution >= 4 is 38.7 Å². The summed E-state index contributed by atoms with van der Waals surface area (Å²) in [5.74, 6) is -0.689. The number of pyridine rings is 1. The molecule has 0 spiro atoms. The van der Waals surface area contributed by atoms with E-state index in [0.29, 0.717) is 20.7 Å².